The van der Waals surface area contributed by atoms with E-state index in [0.717, 1.165) is 0 Å². The third-order valence-electron chi connectivity index (χ3n) is 3.00. The number of sulfonamides is 1. The molecule has 3 aromatic heterocycles. The van der Waals surface area contributed by atoms with E-state index >= 15 is 0 Å². The molecule has 3 rings (SSSR count). The van der Waals surface area contributed by atoms with Crippen molar-refractivity contribution in [3.8, 4) is 0 Å². The van der Waals surface area contributed by atoms with Gasteiger partial charge in [-0.3, -0.25) is 4.40 Å². The topological polar surface area (TPSA) is 76.6 Å². The van der Waals surface area contributed by atoms with Gasteiger partial charge >= 0.3 is 0 Å². The Kier molecular flexibility index (Phi) is 3.48. The summed E-state index contributed by atoms with van der Waals surface area (Å²) in [5, 5.41) is -0.154. The van der Waals surface area contributed by atoms with Crippen LogP contribution in [0.25, 0.3) is 5.65 Å². The van der Waals surface area contributed by atoms with Crippen LogP contribution >= 0.6 is 11.6 Å². The van der Waals surface area contributed by atoms with Crippen molar-refractivity contribution in [3.63, 3.8) is 0 Å². The van der Waals surface area contributed by atoms with Crippen LogP contribution in [0.5, 0.6) is 0 Å². The molecule has 0 fully saturated rings. The van der Waals surface area contributed by atoms with E-state index < -0.39 is 16.1 Å². The number of rotatable bonds is 4. The fourth-order valence-electron chi connectivity index (χ4n) is 2.07. The molecule has 3 heterocycles. The Labute approximate surface area is 126 Å². The summed E-state index contributed by atoms with van der Waals surface area (Å²) >= 11 is 5.99. The molecule has 0 aromatic carbocycles. The van der Waals surface area contributed by atoms with Crippen LogP contribution in [0.15, 0.2) is 52.2 Å². The molecule has 0 amide bonds. The smallest absolute Gasteiger partial charge is 0.260 e. The van der Waals surface area contributed by atoms with Gasteiger partial charge in [-0.2, -0.15) is 4.72 Å². The second-order valence-electron chi connectivity index (χ2n) is 4.50. The molecule has 21 heavy (non-hydrogen) atoms. The van der Waals surface area contributed by atoms with E-state index in [0.29, 0.717) is 11.4 Å². The molecule has 0 aliphatic carbocycles. The Morgan fingerprint density at radius 3 is 2.86 bits per heavy atom. The molecule has 0 aliphatic rings. The Hall–Kier alpha value is -1.83. The molecule has 3 aromatic rings. The molecule has 0 bridgehead atoms. The third-order valence-corrected chi connectivity index (χ3v) is 4.94. The molecule has 1 atom stereocenters. The maximum absolute atomic E-state index is 12.5. The van der Waals surface area contributed by atoms with Gasteiger partial charge in [-0.05, 0) is 31.2 Å². The first-order chi connectivity index (χ1) is 9.99. The highest BCUT2D eigenvalue weighted by molar-refractivity contribution is 7.89. The Morgan fingerprint density at radius 2 is 2.14 bits per heavy atom. The number of halogens is 1. The zero-order valence-electron chi connectivity index (χ0n) is 11.0. The lowest BCUT2D eigenvalue weighted by Crippen LogP contribution is -2.27. The summed E-state index contributed by atoms with van der Waals surface area (Å²) in [6.07, 6.45) is 3.08. The number of aromatic nitrogens is 2. The lowest BCUT2D eigenvalue weighted by molar-refractivity contribution is 0.458. The second-order valence-corrected chi connectivity index (χ2v) is 6.48. The van der Waals surface area contributed by atoms with E-state index in [1.807, 2.05) is 0 Å². The number of hydrogen-bond acceptors (Lipinski definition) is 4. The minimum atomic E-state index is -3.84. The summed E-state index contributed by atoms with van der Waals surface area (Å²) in [6, 6.07) is 8.02. The largest absolute Gasteiger partial charge is 0.468 e. The predicted molar refractivity (Wildman–Crippen MR) is 77.6 cm³/mol. The fraction of sp³-hybridized carbons (Fsp3) is 0.154. The molecule has 1 unspecified atom stereocenters. The van der Waals surface area contributed by atoms with Crippen LogP contribution in [0.3, 0.4) is 0 Å². The number of pyridine rings is 1. The van der Waals surface area contributed by atoms with Gasteiger partial charge in [0.05, 0.1) is 12.3 Å². The van der Waals surface area contributed by atoms with Crippen LogP contribution in [0.4, 0.5) is 0 Å². The number of nitrogens with one attached hydrogen (secondary N) is 1. The van der Waals surface area contributed by atoms with Gasteiger partial charge < -0.3 is 4.42 Å². The van der Waals surface area contributed by atoms with Crippen molar-refractivity contribution in [2.24, 2.45) is 0 Å². The summed E-state index contributed by atoms with van der Waals surface area (Å²) in [5.41, 5.74) is 0.466. The summed E-state index contributed by atoms with van der Waals surface area (Å²) in [6.45, 7) is 1.69. The average molecular weight is 326 g/mol. The highest BCUT2D eigenvalue weighted by Crippen LogP contribution is 2.24. The first-order valence-corrected chi connectivity index (χ1v) is 8.03. The Balaban J connectivity index is 2.03. The lowest BCUT2D eigenvalue weighted by Gasteiger charge is -2.12. The van der Waals surface area contributed by atoms with Crippen molar-refractivity contribution in [1.82, 2.24) is 14.1 Å². The highest BCUT2D eigenvalue weighted by atomic mass is 35.5. The Morgan fingerprint density at radius 1 is 1.33 bits per heavy atom. The van der Waals surface area contributed by atoms with Crippen LogP contribution in [0.1, 0.15) is 18.7 Å². The summed E-state index contributed by atoms with van der Waals surface area (Å²) < 4.78 is 34.2. The maximum atomic E-state index is 12.5. The molecule has 6 nitrogen and oxygen atoms in total. The van der Waals surface area contributed by atoms with Gasteiger partial charge in [-0.1, -0.05) is 17.7 Å². The lowest BCUT2D eigenvalue weighted by atomic mass is 10.3. The second kappa shape index (κ2) is 5.18. The molecule has 8 heteroatoms. The summed E-state index contributed by atoms with van der Waals surface area (Å²) in [7, 11) is -3.84. The van der Waals surface area contributed by atoms with Gasteiger partial charge in [0.15, 0.2) is 10.2 Å². The van der Waals surface area contributed by atoms with Crippen molar-refractivity contribution in [1.29, 1.82) is 0 Å². The van der Waals surface area contributed by atoms with E-state index in [1.165, 1.54) is 10.7 Å². The number of fused-ring (bicyclic) bond motifs is 1. The standard InChI is InChI=1S/C13H12ClN3O3S/c1-9(10-5-4-8-20-10)16-21(18,19)13-12(14)15-11-6-2-3-7-17(11)13/h2-9,16H,1H3. The van der Waals surface area contributed by atoms with Gasteiger partial charge in [-0.25, -0.2) is 13.4 Å². The molecule has 0 spiro atoms. The van der Waals surface area contributed by atoms with E-state index in [2.05, 4.69) is 9.71 Å². The molecule has 0 radical (unpaired) electrons. The average Bonchev–Trinajstić information content (AvgIpc) is 3.04. The van der Waals surface area contributed by atoms with Crippen molar-refractivity contribution >= 4 is 27.3 Å². The molecule has 110 valence electrons. The van der Waals surface area contributed by atoms with E-state index in [-0.39, 0.29) is 10.2 Å². The van der Waals surface area contributed by atoms with E-state index in [1.54, 1.807) is 43.5 Å². The first-order valence-electron chi connectivity index (χ1n) is 6.17. The summed E-state index contributed by atoms with van der Waals surface area (Å²) in [4.78, 5) is 4.04. The summed E-state index contributed by atoms with van der Waals surface area (Å²) in [5.74, 6) is 0.517. The monoisotopic (exact) mass is 325 g/mol. The zero-order chi connectivity index (χ0) is 15.0. The molecule has 1 N–H and O–H groups in total. The minimum Gasteiger partial charge on any atom is -0.468 e. The Bertz CT molecular complexity index is 871. The van der Waals surface area contributed by atoms with Crippen molar-refractivity contribution in [3.05, 3.63) is 53.7 Å². The molecule has 0 saturated carbocycles. The van der Waals surface area contributed by atoms with Crippen LogP contribution in [0, 0.1) is 0 Å². The highest BCUT2D eigenvalue weighted by Gasteiger charge is 2.27. The predicted octanol–water partition coefficient (Wildman–Crippen LogP) is 2.62. The number of furan rings is 1. The number of nitrogens with zero attached hydrogens (tertiary/aromatic N) is 2. The van der Waals surface area contributed by atoms with E-state index in [9.17, 15) is 8.42 Å². The molecule has 0 aliphatic heterocycles. The number of imidazole rings is 1. The van der Waals surface area contributed by atoms with Crippen molar-refractivity contribution < 1.29 is 12.8 Å². The van der Waals surface area contributed by atoms with Crippen molar-refractivity contribution in [2.45, 2.75) is 18.0 Å². The van der Waals surface area contributed by atoms with E-state index in [4.69, 9.17) is 16.0 Å². The maximum Gasteiger partial charge on any atom is 0.260 e. The van der Waals surface area contributed by atoms with Gasteiger partial charge in [0.2, 0.25) is 0 Å². The van der Waals surface area contributed by atoms with Crippen molar-refractivity contribution in [2.75, 3.05) is 0 Å². The molecular weight excluding hydrogens is 314 g/mol. The minimum absolute atomic E-state index is 0.0691. The van der Waals surface area contributed by atoms with Gasteiger partial charge in [0.1, 0.15) is 11.4 Å². The molecule has 0 saturated heterocycles. The zero-order valence-corrected chi connectivity index (χ0v) is 12.6. The first kappa shape index (κ1) is 14.1. The van der Waals surface area contributed by atoms with Crippen LogP contribution in [-0.4, -0.2) is 17.8 Å². The quantitative estimate of drug-likeness (QED) is 0.800. The van der Waals surface area contributed by atoms with Gasteiger partial charge in [-0.15, -0.1) is 0 Å². The molecular formula is C13H12ClN3O3S. The number of hydrogen-bond donors (Lipinski definition) is 1. The third kappa shape index (κ3) is 2.55. The van der Waals surface area contributed by atoms with Crippen LogP contribution in [-0.2, 0) is 10.0 Å². The van der Waals surface area contributed by atoms with Crippen LogP contribution < -0.4 is 4.72 Å². The normalized spacial score (nSPS) is 13.6. The van der Waals surface area contributed by atoms with Crippen LogP contribution in [0.2, 0.25) is 5.15 Å². The SMILES string of the molecule is CC(NS(=O)(=O)c1c(Cl)nc2ccccn12)c1ccco1. The van der Waals surface area contributed by atoms with Gasteiger partial charge in [0.25, 0.3) is 10.0 Å². The fourth-order valence-corrected chi connectivity index (χ4v) is 3.93. The van der Waals surface area contributed by atoms with Gasteiger partial charge in [0, 0.05) is 6.20 Å².